The van der Waals surface area contributed by atoms with Crippen molar-refractivity contribution in [2.24, 2.45) is 0 Å². The van der Waals surface area contributed by atoms with Crippen molar-refractivity contribution in [1.29, 1.82) is 0 Å². The van der Waals surface area contributed by atoms with Gasteiger partial charge in [0.15, 0.2) is 0 Å². The van der Waals surface area contributed by atoms with Crippen molar-refractivity contribution in [2.45, 2.75) is 38.1 Å². The predicted octanol–water partition coefficient (Wildman–Crippen LogP) is 3.32. The third-order valence-corrected chi connectivity index (χ3v) is 4.11. The van der Waals surface area contributed by atoms with Gasteiger partial charge in [0, 0.05) is 24.2 Å². The maximum atomic E-state index is 6.03. The third-order valence-electron chi connectivity index (χ3n) is 3.88. The molecule has 1 unspecified atom stereocenters. The van der Waals surface area contributed by atoms with Crippen LogP contribution in [0.4, 0.5) is 0 Å². The van der Waals surface area contributed by atoms with Crippen LogP contribution >= 0.6 is 11.6 Å². The maximum absolute atomic E-state index is 6.03. The standard InChI is InChI=1S/C14H19ClN2/c15-12-5-6-13-11(10-12)4-7-14(13)16-17-8-2-1-3-9-17/h5-6,10,14,16H,1-4,7-9H2. The summed E-state index contributed by atoms with van der Waals surface area (Å²) in [6, 6.07) is 6.82. The molecule has 1 atom stereocenters. The molecule has 1 aliphatic carbocycles. The Balaban J connectivity index is 1.70. The van der Waals surface area contributed by atoms with Crippen molar-refractivity contribution in [3.05, 3.63) is 34.3 Å². The number of rotatable bonds is 2. The molecule has 0 amide bonds. The Labute approximate surface area is 108 Å². The van der Waals surface area contributed by atoms with E-state index >= 15 is 0 Å². The van der Waals surface area contributed by atoms with Gasteiger partial charge in [-0.2, -0.15) is 0 Å². The van der Waals surface area contributed by atoms with Crippen LogP contribution in [0.2, 0.25) is 5.02 Å². The van der Waals surface area contributed by atoms with E-state index in [9.17, 15) is 0 Å². The van der Waals surface area contributed by atoms with Crippen LogP contribution in [0, 0.1) is 0 Å². The molecule has 1 aromatic rings. The lowest BCUT2D eigenvalue weighted by Crippen LogP contribution is -2.43. The highest BCUT2D eigenvalue weighted by Gasteiger charge is 2.24. The molecule has 2 aliphatic rings. The smallest absolute Gasteiger partial charge is 0.0470 e. The van der Waals surface area contributed by atoms with Crippen molar-refractivity contribution >= 4 is 11.6 Å². The summed E-state index contributed by atoms with van der Waals surface area (Å²) in [6.45, 7) is 2.39. The van der Waals surface area contributed by atoms with Crippen LogP contribution in [-0.2, 0) is 6.42 Å². The van der Waals surface area contributed by atoms with Gasteiger partial charge in [-0.05, 0) is 48.9 Å². The largest absolute Gasteiger partial charge is 0.248 e. The molecule has 1 aromatic carbocycles. The van der Waals surface area contributed by atoms with Crippen LogP contribution in [-0.4, -0.2) is 18.1 Å². The van der Waals surface area contributed by atoms with Crippen molar-refractivity contribution < 1.29 is 0 Å². The first-order valence-electron chi connectivity index (χ1n) is 6.62. The molecule has 3 rings (SSSR count). The van der Waals surface area contributed by atoms with E-state index in [0.29, 0.717) is 6.04 Å². The van der Waals surface area contributed by atoms with E-state index in [1.807, 2.05) is 6.07 Å². The molecule has 1 aliphatic heterocycles. The molecule has 1 saturated heterocycles. The Kier molecular flexibility index (Phi) is 3.37. The lowest BCUT2D eigenvalue weighted by Gasteiger charge is -2.30. The second-order valence-corrected chi connectivity index (χ2v) is 5.55. The number of fused-ring (bicyclic) bond motifs is 1. The van der Waals surface area contributed by atoms with Crippen LogP contribution in [0.5, 0.6) is 0 Å². The summed E-state index contributed by atoms with van der Waals surface area (Å²) >= 11 is 6.03. The molecule has 2 nitrogen and oxygen atoms in total. The quantitative estimate of drug-likeness (QED) is 0.866. The van der Waals surface area contributed by atoms with Gasteiger partial charge in [0.1, 0.15) is 0 Å². The molecule has 0 spiro atoms. The van der Waals surface area contributed by atoms with Gasteiger partial charge >= 0.3 is 0 Å². The average molecular weight is 251 g/mol. The second kappa shape index (κ2) is 4.97. The van der Waals surface area contributed by atoms with Gasteiger partial charge in [0.05, 0.1) is 0 Å². The van der Waals surface area contributed by atoms with Crippen molar-refractivity contribution in [1.82, 2.24) is 10.4 Å². The molecule has 3 heteroatoms. The Morgan fingerprint density at radius 3 is 2.82 bits per heavy atom. The van der Waals surface area contributed by atoms with E-state index in [1.54, 1.807) is 0 Å². The summed E-state index contributed by atoms with van der Waals surface area (Å²) in [6.07, 6.45) is 6.39. The summed E-state index contributed by atoms with van der Waals surface area (Å²) in [5, 5.41) is 3.26. The molecular weight excluding hydrogens is 232 g/mol. The lowest BCUT2D eigenvalue weighted by atomic mass is 10.1. The first-order valence-corrected chi connectivity index (χ1v) is 7.00. The monoisotopic (exact) mass is 250 g/mol. The van der Waals surface area contributed by atoms with E-state index in [-0.39, 0.29) is 0 Å². The zero-order valence-corrected chi connectivity index (χ0v) is 10.8. The normalized spacial score (nSPS) is 24.9. The van der Waals surface area contributed by atoms with Crippen LogP contribution in [0.3, 0.4) is 0 Å². The van der Waals surface area contributed by atoms with E-state index in [1.165, 1.54) is 49.9 Å². The molecule has 1 fully saturated rings. The molecule has 0 saturated carbocycles. The van der Waals surface area contributed by atoms with Crippen molar-refractivity contribution in [2.75, 3.05) is 13.1 Å². The molecule has 1 heterocycles. The van der Waals surface area contributed by atoms with Crippen molar-refractivity contribution in [3.63, 3.8) is 0 Å². The zero-order valence-electron chi connectivity index (χ0n) is 10.1. The SMILES string of the molecule is Clc1ccc2c(c1)CCC2NN1CCCCC1. The van der Waals surface area contributed by atoms with Gasteiger partial charge < -0.3 is 0 Å². The van der Waals surface area contributed by atoms with Crippen molar-refractivity contribution in [3.8, 4) is 0 Å². The van der Waals surface area contributed by atoms with E-state index < -0.39 is 0 Å². The number of hydrazine groups is 1. The minimum atomic E-state index is 0.500. The second-order valence-electron chi connectivity index (χ2n) is 5.11. The number of benzene rings is 1. The Hall–Kier alpha value is -0.570. The number of nitrogens with zero attached hydrogens (tertiary/aromatic N) is 1. The number of nitrogens with one attached hydrogen (secondary N) is 1. The fourth-order valence-electron chi connectivity index (χ4n) is 2.96. The Morgan fingerprint density at radius 1 is 1.18 bits per heavy atom. The number of aryl methyl sites for hydroxylation is 1. The van der Waals surface area contributed by atoms with Crippen LogP contribution in [0.15, 0.2) is 18.2 Å². The number of piperidine rings is 1. The summed E-state index contributed by atoms with van der Waals surface area (Å²) in [5.41, 5.74) is 6.55. The minimum absolute atomic E-state index is 0.500. The minimum Gasteiger partial charge on any atom is -0.248 e. The van der Waals surface area contributed by atoms with Gasteiger partial charge in [-0.15, -0.1) is 0 Å². The van der Waals surface area contributed by atoms with Crippen LogP contribution in [0.1, 0.15) is 42.9 Å². The Morgan fingerprint density at radius 2 is 2.00 bits per heavy atom. The van der Waals surface area contributed by atoms with Gasteiger partial charge in [-0.25, -0.2) is 10.4 Å². The van der Waals surface area contributed by atoms with Crippen LogP contribution < -0.4 is 5.43 Å². The highest BCUT2D eigenvalue weighted by molar-refractivity contribution is 6.30. The van der Waals surface area contributed by atoms with Crippen LogP contribution in [0.25, 0.3) is 0 Å². The molecule has 1 N–H and O–H groups in total. The van der Waals surface area contributed by atoms with Gasteiger partial charge in [0.25, 0.3) is 0 Å². The highest BCUT2D eigenvalue weighted by atomic mass is 35.5. The summed E-state index contributed by atoms with van der Waals surface area (Å²) in [5.74, 6) is 0. The first kappa shape index (κ1) is 11.5. The van der Waals surface area contributed by atoms with Gasteiger partial charge in [0.2, 0.25) is 0 Å². The molecule has 0 radical (unpaired) electrons. The zero-order chi connectivity index (χ0) is 11.7. The molecule has 0 aromatic heterocycles. The van der Waals surface area contributed by atoms with E-state index in [2.05, 4.69) is 22.6 Å². The van der Waals surface area contributed by atoms with E-state index in [0.717, 1.165) is 11.4 Å². The van der Waals surface area contributed by atoms with Gasteiger partial charge in [-0.1, -0.05) is 24.1 Å². The summed E-state index contributed by atoms with van der Waals surface area (Å²) in [4.78, 5) is 0. The topological polar surface area (TPSA) is 15.3 Å². The fourth-order valence-corrected chi connectivity index (χ4v) is 3.16. The third kappa shape index (κ3) is 2.49. The summed E-state index contributed by atoms with van der Waals surface area (Å²) in [7, 11) is 0. The molecule has 17 heavy (non-hydrogen) atoms. The molecule has 92 valence electrons. The number of hydrogen-bond acceptors (Lipinski definition) is 2. The Bertz CT molecular complexity index is 399. The molecular formula is C14H19ClN2. The number of hydrogen-bond donors (Lipinski definition) is 1. The average Bonchev–Trinajstić information content (AvgIpc) is 2.73. The predicted molar refractivity (Wildman–Crippen MR) is 71.1 cm³/mol. The van der Waals surface area contributed by atoms with E-state index in [4.69, 9.17) is 11.6 Å². The lowest BCUT2D eigenvalue weighted by molar-refractivity contribution is 0.128. The maximum Gasteiger partial charge on any atom is 0.0470 e. The fraction of sp³-hybridized carbons (Fsp3) is 0.571. The molecule has 0 bridgehead atoms. The summed E-state index contributed by atoms with van der Waals surface area (Å²) < 4.78 is 0. The first-order chi connectivity index (χ1) is 8.33. The highest BCUT2D eigenvalue weighted by Crippen LogP contribution is 2.33. The number of halogens is 1. The van der Waals surface area contributed by atoms with Gasteiger partial charge in [-0.3, -0.25) is 0 Å².